The molecule has 0 bridgehead atoms. The van der Waals surface area contributed by atoms with E-state index in [1.807, 2.05) is 0 Å². The fraction of sp³-hybridized carbons (Fsp3) is 0.364. The summed E-state index contributed by atoms with van der Waals surface area (Å²) in [5.74, 6) is -1.94. The van der Waals surface area contributed by atoms with Gasteiger partial charge in [-0.15, -0.1) is 3.89 Å². The summed E-state index contributed by atoms with van der Waals surface area (Å²) < 4.78 is 34.5. The van der Waals surface area contributed by atoms with Crippen molar-refractivity contribution in [2.45, 2.75) is 6.42 Å². The van der Waals surface area contributed by atoms with Gasteiger partial charge in [-0.25, -0.2) is 0 Å². The number of benzene rings is 1. The maximum absolute atomic E-state index is 12.7. The Hall–Kier alpha value is -1.55. The van der Waals surface area contributed by atoms with Crippen LogP contribution in [-0.2, 0) is 15.0 Å². The van der Waals surface area contributed by atoms with Gasteiger partial charge in [-0.1, -0.05) is 15.9 Å². The molecule has 1 aromatic rings. The van der Waals surface area contributed by atoms with E-state index in [0.29, 0.717) is 4.47 Å². The predicted molar refractivity (Wildman–Crippen MR) is 76.2 cm³/mol. The van der Waals surface area contributed by atoms with Gasteiger partial charge in [0, 0.05) is 29.4 Å². The molecule has 1 aliphatic rings. The molecule has 1 fully saturated rings. The van der Waals surface area contributed by atoms with Crippen molar-refractivity contribution in [2.75, 3.05) is 17.2 Å². The van der Waals surface area contributed by atoms with Crippen molar-refractivity contribution in [2.24, 2.45) is 5.92 Å². The number of hydrogen-bond donors (Lipinski definition) is 0. The number of nitro benzene ring substituents is 1. The van der Waals surface area contributed by atoms with E-state index in [4.69, 9.17) is 0 Å². The highest BCUT2D eigenvalue weighted by Gasteiger charge is 2.36. The Morgan fingerprint density at radius 1 is 1.48 bits per heavy atom. The second-order valence-corrected chi connectivity index (χ2v) is 7.00. The predicted octanol–water partition coefficient (Wildman–Crippen LogP) is 2.01. The monoisotopic (exact) mass is 380 g/mol. The minimum Gasteiger partial charge on any atom is -0.306 e. The summed E-state index contributed by atoms with van der Waals surface area (Å²) in [6, 6.07) is 4.18. The molecule has 1 atom stereocenters. The number of anilines is 1. The minimum absolute atomic E-state index is 0.0650. The average Bonchev–Trinajstić information content (AvgIpc) is 2.67. The Bertz CT molecular complexity index is 709. The number of halogens is 2. The Kier molecular flexibility index (Phi) is 4.28. The molecule has 0 saturated carbocycles. The van der Waals surface area contributed by atoms with Crippen LogP contribution in [0.1, 0.15) is 6.42 Å². The summed E-state index contributed by atoms with van der Waals surface area (Å²) in [4.78, 5) is 23.4. The first-order valence-electron chi connectivity index (χ1n) is 5.84. The number of amides is 1. The molecule has 0 aromatic heterocycles. The third-order valence-electron chi connectivity index (χ3n) is 3.06. The second kappa shape index (κ2) is 5.68. The van der Waals surface area contributed by atoms with Gasteiger partial charge >= 0.3 is 10.2 Å². The van der Waals surface area contributed by atoms with E-state index in [-0.39, 0.29) is 24.3 Å². The van der Waals surface area contributed by atoms with Crippen LogP contribution in [0.4, 0.5) is 15.3 Å². The van der Waals surface area contributed by atoms with Crippen LogP contribution in [0.2, 0.25) is 0 Å². The number of nitrogens with zero attached hydrogens (tertiary/aromatic N) is 2. The van der Waals surface area contributed by atoms with E-state index in [9.17, 15) is 27.2 Å². The molecule has 1 amide bonds. The van der Waals surface area contributed by atoms with E-state index >= 15 is 0 Å². The van der Waals surface area contributed by atoms with Gasteiger partial charge in [0.25, 0.3) is 5.69 Å². The fourth-order valence-corrected chi connectivity index (χ4v) is 3.41. The molecule has 1 heterocycles. The molecule has 10 heteroatoms. The van der Waals surface area contributed by atoms with Gasteiger partial charge in [-0.2, -0.15) is 8.42 Å². The summed E-state index contributed by atoms with van der Waals surface area (Å²) >= 11 is 3.10. The van der Waals surface area contributed by atoms with Crippen LogP contribution in [-0.4, -0.2) is 31.5 Å². The number of carbonyl (C=O) groups excluding carboxylic acids is 1. The Morgan fingerprint density at radius 3 is 2.71 bits per heavy atom. The van der Waals surface area contributed by atoms with Crippen LogP contribution in [0.5, 0.6) is 0 Å². The first-order chi connectivity index (χ1) is 9.67. The highest BCUT2D eigenvalue weighted by Crippen LogP contribution is 2.35. The lowest BCUT2D eigenvalue weighted by atomic mass is 10.1. The first-order valence-corrected chi connectivity index (χ1v) is 8.18. The van der Waals surface area contributed by atoms with Crippen molar-refractivity contribution in [1.29, 1.82) is 0 Å². The van der Waals surface area contributed by atoms with Gasteiger partial charge in [0.15, 0.2) is 0 Å². The van der Waals surface area contributed by atoms with Crippen LogP contribution in [0.25, 0.3) is 0 Å². The standard InChI is InChI=1S/C11H10BrFN2O5S/c12-8-1-2-9(10(4-8)15(17)18)14-5-7(3-11(14)16)6-21(13,19)20/h1-2,4,7H,3,5-6H2. The first kappa shape index (κ1) is 15.8. The maximum atomic E-state index is 12.7. The van der Waals surface area contributed by atoms with Gasteiger partial charge in [0.05, 0.1) is 10.7 Å². The molecule has 21 heavy (non-hydrogen) atoms. The van der Waals surface area contributed by atoms with Gasteiger partial charge in [0.2, 0.25) is 5.91 Å². The summed E-state index contributed by atoms with van der Waals surface area (Å²) in [6.07, 6.45) is -0.156. The number of carbonyl (C=O) groups is 1. The van der Waals surface area contributed by atoms with E-state index in [0.717, 1.165) is 4.90 Å². The Labute approximate surface area is 128 Å². The average molecular weight is 381 g/mol. The van der Waals surface area contributed by atoms with Crippen molar-refractivity contribution < 1.29 is 22.0 Å². The molecule has 1 unspecified atom stereocenters. The van der Waals surface area contributed by atoms with Gasteiger partial charge in [-0.3, -0.25) is 14.9 Å². The van der Waals surface area contributed by atoms with Crippen molar-refractivity contribution in [3.8, 4) is 0 Å². The zero-order valence-corrected chi connectivity index (χ0v) is 12.9. The Balaban J connectivity index is 2.31. The van der Waals surface area contributed by atoms with E-state index in [2.05, 4.69) is 15.9 Å². The van der Waals surface area contributed by atoms with Crippen LogP contribution >= 0.6 is 15.9 Å². The highest BCUT2D eigenvalue weighted by molar-refractivity contribution is 9.10. The second-order valence-electron chi connectivity index (χ2n) is 4.67. The molecule has 2 rings (SSSR count). The lowest BCUT2D eigenvalue weighted by Crippen LogP contribution is -2.26. The van der Waals surface area contributed by atoms with Crippen molar-refractivity contribution >= 4 is 43.4 Å². The zero-order chi connectivity index (χ0) is 15.8. The largest absolute Gasteiger partial charge is 0.306 e. The molecule has 0 aliphatic carbocycles. The molecule has 1 aromatic carbocycles. The quantitative estimate of drug-likeness (QED) is 0.452. The Morgan fingerprint density at radius 2 is 2.14 bits per heavy atom. The van der Waals surface area contributed by atoms with Crippen molar-refractivity contribution in [1.82, 2.24) is 0 Å². The van der Waals surface area contributed by atoms with E-state index < -0.39 is 32.7 Å². The molecular weight excluding hydrogens is 371 g/mol. The van der Waals surface area contributed by atoms with Gasteiger partial charge in [0.1, 0.15) is 5.69 Å². The summed E-state index contributed by atoms with van der Waals surface area (Å²) in [6.45, 7) is -0.0650. The third kappa shape index (κ3) is 3.76. The van der Waals surface area contributed by atoms with Crippen LogP contribution in [0.3, 0.4) is 0 Å². The highest BCUT2D eigenvalue weighted by atomic mass is 79.9. The smallest absolute Gasteiger partial charge is 0.302 e. The van der Waals surface area contributed by atoms with E-state index in [1.54, 1.807) is 0 Å². The fourth-order valence-electron chi connectivity index (χ4n) is 2.28. The molecule has 1 aliphatic heterocycles. The molecular formula is C11H10BrFN2O5S. The third-order valence-corrected chi connectivity index (χ3v) is 4.43. The SMILES string of the molecule is O=C1CC(CS(=O)(=O)F)CN1c1ccc(Br)cc1[N+](=O)[O-]. The van der Waals surface area contributed by atoms with Gasteiger partial charge < -0.3 is 4.90 Å². The van der Waals surface area contributed by atoms with Crippen molar-refractivity contribution in [3.05, 3.63) is 32.8 Å². The van der Waals surface area contributed by atoms with Gasteiger partial charge in [-0.05, 0) is 12.1 Å². The van der Waals surface area contributed by atoms with Crippen LogP contribution in [0, 0.1) is 16.0 Å². The number of rotatable bonds is 4. The van der Waals surface area contributed by atoms with Crippen LogP contribution in [0.15, 0.2) is 22.7 Å². The van der Waals surface area contributed by atoms with Crippen molar-refractivity contribution in [3.63, 3.8) is 0 Å². The van der Waals surface area contributed by atoms with E-state index in [1.165, 1.54) is 18.2 Å². The summed E-state index contributed by atoms with van der Waals surface area (Å²) in [5, 5.41) is 11.0. The molecule has 1 saturated heterocycles. The number of nitro groups is 1. The summed E-state index contributed by atoms with van der Waals surface area (Å²) in [7, 11) is -4.69. The lowest BCUT2D eigenvalue weighted by molar-refractivity contribution is -0.384. The number of hydrogen-bond acceptors (Lipinski definition) is 5. The normalized spacial score (nSPS) is 19.0. The molecule has 0 radical (unpaired) electrons. The molecule has 0 N–H and O–H groups in total. The zero-order valence-electron chi connectivity index (χ0n) is 10.5. The minimum atomic E-state index is -4.69. The summed E-state index contributed by atoms with van der Waals surface area (Å²) in [5.41, 5.74) is -0.201. The topological polar surface area (TPSA) is 97.6 Å². The maximum Gasteiger partial charge on any atom is 0.302 e. The molecule has 114 valence electrons. The molecule has 7 nitrogen and oxygen atoms in total. The van der Waals surface area contributed by atoms with Crippen LogP contribution < -0.4 is 4.90 Å². The lowest BCUT2D eigenvalue weighted by Gasteiger charge is -2.16. The molecule has 0 spiro atoms.